The number of hydrogen-bond acceptors (Lipinski definition) is 4. The van der Waals surface area contributed by atoms with Gasteiger partial charge in [-0.3, -0.25) is 9.78 Å². The molecule has 0 saturated heterocycles. The number of nitrogen functional groups attached to an aromatic ring is 1. The fraction of sp³-hybridized carbons (Fsp3) is 0.0769. The second kappa shape index (κ2) is 3.31. The van der Waals surface area contributed by atoms with E-state index in [4.69, 9.17) is 11.5 Å². The summed E-state index contributed by atoms with van der Waals surface area (Å²) in [4.78, 5) is 16.3. The van der Waals surface area contributed by atoms with E-state index in [1.54, 1.807) is 18.3 Å². The molecule has 0 spiro atoms. The van der Waals surface area contributed by atoms with Gasteiger partial charge in [0.1, 0.15) is 0 Å². The van der Waals surface area contributed by atoms with Crippen molar-refractivity contribution in [1.29, 1.82) is 0 Å². The molecular weight excluding hydrogens is 214 g/mol. The number of Topliss-reactive ketones (excluding diaryl/α,β-unsaturated/α-hetero) is 1. The van der Waals surface area contributed by atoms with Crippen molar-refractivity contribution in [2.24, 2.45) is 5.73 Å². The van der Waals surface area contributed by atoms with Crippen LogP contribution in [0.1, 0.15) is 22.5 Å². The molecule has 3 rings (SSSR count). The topological polar surface area (TPSA) is 82.0 Å². The van der Waals surface area contributed by atoms with Gasteiger partial charge in [0, 0.05) is 23.0 Å². The lowest BCUT2D eigenvalue weighted by Crippen LogP contribution is -2.14. The molecule has 1 aromatic carbocycles. The van der Waals surface area contributed by atoms with Crippen molar-refractivity contribution in [2.45, 2.75) is 6.42 Å². The molecule has 2 aromatic rings. The SMILES string of the molecule is NC1=Cc2ncc3c(N)cccc3c2C(=O)C1. The summed E-state index contributed by atoms with van der Waals surface area (Å²) in [5.74, 6) is 0.00343. The molecule has 4 heteroatoms. The third-order valence-corrected chi connectivity index (χ3v) is 2.96. The minimum atomic E-state index is 0.00343. The van der Waals surface area contributed by atoms with Crippen molar-refractivity contribution in [3.63, 3.8) is 0 Å². The van der Waals surface area contributed by atoms with E-state index in [9.17, 15) is 4.79 Å². The lowest BCUT2D eigenvalue weighted by Gasteiger charge is -2.14. The van der Waals surface area contributed by atoms with Crippen LogP contribution >= 0.6 is 0 Å². The number of nitrogens with two attached hydrogens (primary N) is 2. The number of rotatable bonds is 0. The normalized spacial score (nSPS) is 14.6. The first-order valence-corrected chi connectivity index (χ1v) is 5.33. The van der Waals surface area contributed by atoms with Gasteiger partial charge in [-0.1, -0.05) is 12.1 Å². The number of nitrogens with zero attached hydrogens (tertiary/aromatic N) is 1. The first kappa shape index (κ1) is 9.84. The molecule has 0 atom stereocenters. The summed E-state index contributed by atoms with van der Waals surface area (Å²) in [5, 5.41) is 1.66. The molecule has 17 heavy (non-hydrogen) atoms. The third kappa shape index (κ3) is 1.38. The molecule has 0 unspecified atom stereocenters. The summed E-state index contributed by atoms with van der Waals surface area (Å²) >= 11 is 0. The summed E-state index contributed by atoms with van der Waals surface area (Å²) < 4.78 is 0. The fourth-order valence-electron chi connectivity index (χ4n) is 2.18. The Hall–Kier alpha value is -2.36. The predicted molar refractivity (Wildman–Crippen MR) is 67.3 cm³/mol. The third-order valence-electron chi connectivity index (χ3n) is 2.96. The number of pyridine rings is 1. The van der Waals surface area contributed by atoms with Crippen molar-refractivity contribution in [3.8, 4) is 0 Å². The van der Waals surface area contributed by atoms with Crippen LogP contribution in [-0.4, -0.2) is 10.8 Å². The summed E-state index contributed by atoms with van der Waals surface area (Å²) in [6.07, 6.45) is 3.69. The second-order valence-corrected chi connectivity index (χ2v) is 4.15. The van der Waals surface area contributed by atoms with E-state index in [-0.39, 0.29) is 12.2 Å². The number of anilines is 1. The van der Waals surface area contributed by atoms with Crippen molar-refractivity contribution < 1.29 is 4.79 Å². The Morgan fingerprint density at radius 3 is 2.82 bits per heavy atom. The van der Waals surface area contributed by atoms with Crippen LogP contribution in [0.4, 0.5) is 5.69 Å². The minimum absolute atomic E-state index is 0.00343. The van der Waals surface area contributed by atoms with E-state index >= 15 is 0 Å². The van der Waals surface area contributed by atoms with Crippen LogP contribution in [0, 0.1) is 0 Å². The van der Waals surface area contributed by atoms with Crippen molar-refractivity contribution >= 4 is 28.3 Å². The maximum Gasteiger partial charge on any atom is 0.171 e. The van der Waals surface area contributed by atoms with Gasteiger partial charge in [-0.15, -0.1) is 0 Å². The average molecular weight is 225 g/mol. The maximum atomic E-state index is 12.0. The Balaban J connectivity index is 2.44. The van der Waals surface area contributed by atoms with Crippen molar-refractivity contribution in [3.05, 3.63) is 41.4 Å². The van der Waals surface area contributed by atoms with Gasteiger partial charge in [0.15, 0.2) is 5.78 Å². The Morgan fingerprint density at radius 1 is 1.18 bits per heavy atom. The molecule has 4 N–H and O–H groups in total. The molecule has 1 aliphatic carbocycles. The summed E-state index contributed by atoms with van der Waals surface area (Å²) in [5.41, 5.74) is 14.0. The first-order chi connectivity index (χ1) is 8.16. The fourth-order valence-corrected chi connectivity index (χ4v) is 2.18. The van der Waals surface area contributed by atoms with Gasteiger partial charge in [0.05, 0.1) is 17.7 Å². The number of allylic oxidation sites excluding steroid dienone is 1. The quantitative estimate of drug-likeness (QED) is 0.668. The van der Waals surface area contributed by atoms with Crippen molar-refractivity contribution in [2.75, 3.05) is 5.73 Å². The largest absolute Gasteiger partial charge is 0.402 e. The lowest BCUT2D eigenvalue weighted by molar-refractivity contribution is 0.0992. The number of ketones is 1. The molecule has 1 aliphatic rings. The standard InChI is InChI=1S/C13H11N3O/c14-7-4-11-13(12(17)5-7)8-2-1-3-10(15)9(8)6-16-11/h1-4,6H,5,14-15H2. The Labute approximate surface area is 97.9 Å². The molecule has 1 heterocycles. The van der Waals surface area contributed by atoms with E-state index in [1.165, 1.54) is 0 Å². The van der Waals surface area contributed by atoms with Gasteiger partial charge >= 0.3 is 0 Å². The van der Waals surface area contributed by atoms with Gasteiger partial charge in [0.2, 0.25) is 0 Å². The molecule has 84 valence electrons. The first-order valence-electron chi connectivity index (χ1n) is 5.33. The summed E-state index contributed by atoms with van der Waals surface area (Å²) in [6, 6.07) is 5.53. The molecule has 0 aliphatic heterocycles. The number of benzene rings is 1. The molecule has 0 bridgehead atoms. The van der Waals surface area contributed by atoms with Gasteiger partial charge in [-0.25, -0.2) is 0 Å². The van der Waals surface area contributed by atoms with E-state index in [1.807, 2.05) is 12.1 Å². The number of carbonyl (C=O) groups is 1. The van der Waals surface area contributed by atoms with Crippen LogP contribution in [0.5, 0.6) is 0 Å². The number of carbonyl (C=O) groups excluding carboxylic acids is 1. The second-order valence-electron chi connectivity index (χ2n) is 4.15. The van der Waals surface area contributed by atoms with Gasteiger partial charge in [-0.2, -0.15) is 0 Å². The molecule has 4 nitrogen and oxygen atoms in total. The van der Waals surface area contributed by atoms with Gasteiger partial charge in [0.25, 0.3) is 0 Å². The molecule has 0 fully saturated rings. The van der Waals surface area contributed by atoms with Crippen LogP contribution in [0.25, 0.3) is 16.8 Å². The molecule has 0 amide bonds. The van der Waals surface area contributed by atoms with Gasteiger partial charge in [-0.05, 0) is 17.5 Å². The average Bonchev–Trinajstić information content (AvgIpc) is 2.28. The zero-order valence-electron chi connectivity index (χ0n) is 9.10. The highest BCUT2D eigenvalue weighted by Gasteiger charge is 2.21. The van der Waals surface area contributed by atoms with Crippen LogP contribution in [0.2, 0.25) is 0 Å². The Morgan fingerprint density at radius 2 is 2.00 bits per heavy atom. The molecular formula is C13H11N3O. The molecule has 0 radical (unpaired) electrons. The zero-order valence-corrected chi connectivity index (χ0v) is 9.10. The highest BCUT2D eigenvalue weighted by Crippen LogP contribution is 2.29. The number of aromatic nitrogens is 1. The maximum absolute atomic E-state index is 12.0. The van der Waals surface area contributed by atoms with Crippen LogP contribution < -0.4 is 11.5 Å². The number of hydrogen-bond donors (Lipinski definition) is 2. The highest BCUT2D eigenvalue weighted by molar-refractivity contribution is 6.14. The van der Waals surface area contributed by atoms with Crippen LogP contribution in [-0.2, 0) is 0 Å². The smallest absolute Gasteiger partial charge is 0.171 e. The van der Waals surface area contributed by atoms with E-state index in [0.717, 1.165) is 10.8 Å². The molecule has 0 saturated carbocycles. The lowest BCUT2D eigenvalue weighted by atomic mass is 9.93. The Bertz CT molecular complexity index is 674. The van der Waals surface area contributed by atoms with Crippen LogP contribution in [0.15, 0.2) is 30.1 Å². The Kier molecular flexibility index (Phi) is 1.92. The molecule has 1 aromatic heterocycles. The van der Waals surface area contributed by atoms with Gasteiger partial charge < -0.3 is 11.5 Å². The van der Waals surface area contributed by atoms with E-state index in [0.29, 0.717) is 22.6 Å². The summed E-state index contributed by atoms with van der Waals surface area (Å²) in [7, 11) is 0. The van der Waals surface area contributed by atoms with E-state index in [2.05, 4.69) is 4.98 Å². The monoisotopic (exact) mass is 225 g/mol. The predicted octanol–water partition coefficient (Wildman–Crippen LogP) is 1.70. The summed E-state index contributed by atoms with van der Waals surface area (Å²) in [6.45, 7) is 0. The van der Waals surface area contributed by atoms with Crippen molar-refractivity contribution in [1.82, 2.24) is 4.98 Å². The highest BCUT2D eigenvalue weighted by atomic mass is 16.1. The van der Waals surface area contributed by atoms with Crippen LogP contribution in [0.3, 0.4) is 0 Å². The number of fused-ring (bicyclic) bond motifs is 3. The minimum Gasteiger partial charge on any atom is -0.402 e. The van der Waals surface area contributed by atoms with E-state index < -0.39 is 0 Å². The zero-order chi connectivity index (χ0) is 12.0.